The van der Waals surface area contributed by atoms with Crippen LogP contribution in [0.4, 0.5) is 0 Å². The average Bonchev–Trinajstić information content (AvgIpc) is 2.51. The molecule has 0 aliphatic heterocycles. The highest BCUT2D eigenvalue weighted by Crippen LogP contribution is 2.31. The van der Waals surface area contributed by atoms with Crippen LogP contribution in [0.1, 0.15) is 36.1 Å². The Bertz CT molecular complexity index is 331. The van der Waals surface area contributed by atoms with Crippen LogP contribution in [0.5, 0.6) is 0 Å². The third-order valence-electron chi connectivity index (χ3n) is 2.71. The Labute approximate surface area is 87.5 Å². The standard InChI is InChI=1S/C11H14BrN/c1-7(13)9-5-8-3-2-4-10(8)11(12)6-9/h5-7H,2-4,13H2,1H3/t7-/m0/s1. The summed E-state index contributed by atoms with van der Waals surface area (Å²) in [6.45, 7) is 2.03. The summed E-state index contributed by atoms with van der Waals surface area (Å²) < 4.78 is 1.25. The molecular formula is C11H14BrN. The van der Waals surface area contributed by atoms with Gasteiger partial charge in [-0.15, -0.1) is 0 Å². The molecular weight excluding hydrogens is 226 g/mol. The molecule has 2 rings (SSSR count). The van der Waals surface area contributed by atoms with Gasteiger partial charge in [0.25, 0.3) is 0 Å². The quantitative estimate of drug-likeness (QED) is 0.802. The third-order valence-corrected chi connectivity index (χ3v) is 3.42. The van der Waals surface area contributed by atoms with Crippen molar-refractivity contribution in [2.75, 3.05) is 0 Å². The van der Waals surface area contributed by atoms with E-state index in [2.05, 4.69) is 28.1 Å². The maximum Gasteiger partial charge on any atom is 0.0266 e. The molecule has 1 nitrogen and oxygen atoms in total. The Kier molecular flexibility index (Phi) is 2.43. The number of rotatable bonds is 1. The van der Waals surface area contributed by atoms with Gasteiger partial charge >= 0.3 is 0 Å². The molecule has 1 aliphatic carbocycles. The molecule has 2 N–H and O–H groups in total. The molecule has 1 aromatic carbocycles. The van der Waals surface area contributed by atoms with Gasteiger partial charge in [0.2, 0.25) is 0 Å². The lowest BCUT2D eigenvalue weighted by molar-refractivity contribution is 0.814. The van der Waals surface area contributed by atoms with Crippen LogP contribution < -0.4 is 5.73 Å². The van der Waals surface area contributed by atoms with E-state index >= 15 is 0 Å². The summed E-state index contributed by atoms with van der Waals surface area (Å²) >= 11 is 3.61. The molecule has 1 atom stereocenters. The van der Waals surface area contributed by atoms with Crippen molar-refractivity contribution < 1.29 is 0 Å². The summed E-state index contributed by atoms with van der Waals surface area (Å²) in [5, 5.41) is 0. The van der Waals surface area contributed by atoms with E-state index < -0.39 is 0 Å². The molecule has 1 aliphatic rings. The van der Waals surface area contributed by atoms with Crippen LogP contribution >= 0.6 is 15.9 Å². The van der Waals surface area contributed by atoms with E-state index in [1.807, 2.05) is 6.92 Å². The number of aryl methyl sites for hydroxylation is 1. The van der Waals surface area contributed by atoms with Crippen molar-refractivity contribution in [3.8, 4) is 0 Å². The maximum atomic E-state index is 5.86. The van der Waals surface area contributed by atoms with Crippen LogP contribution in [0.15, 0.2) is 16.6 Å². The zero-order valence-electron chi connectivity index (χ0n) is 7.81. The highest BCUT2D eigenvalue weighted by atomic mass is 79.9. The first-order chi connectivity index (χ1) is 6.18. The van der Waals surface area contributed by atoms with E-state index in [0.29, 0.717) is 0 Å². The van der Waals surface area contributed by atoms with Crippen molar-refractivity contribution in [2.45, 2.75) is 32.2 Å². The molecule has 13 heavy (non-hydrogen) atoms. The van der Waals surface area contributed by atoms with E-state index in [1.165, 1.54) is 40.4 Å². The lowest BCUT2D eigenvalue weighted by Crippen LogP contribution is -2.05. The normalized spacial score (nSPS) is 17.2. The monoisotopic (exact) mass is 239 g/mol. The zero-order valence-corrected chi connectivity index (χ0v) is 9.39. The summed E-state index contributed by atoms with van der Waals surface area (Å²) in [4.78, 5) is 0. The molecule has 0 spiro atoms. The summed E-state index contributed by atoms with van der Waals surface area (Å²) in [7, 11) is 0. The van der Waals surface area contributed by atoms with E-state index in [-0.39, 0.29) is 6.04 Å². The SMILES string of the molecule is C[C@H](N)c1cc(Br)c2c(c1)CCC2. The predicted molar refractivity (Wildman–Crippen MR) is 58.8 cm³/mol. The van der Waals surface area contributed by atoms with Crippen molar-refractivity contribution in [3.05, 3.63) is 33.3 Å². The van der Waals surface area contributed by atoms with Crippen molar-refractivity contribution in [3.63, 3.8) is 0 Å². The van der Waals surface area contributed by atoms with Gasteiger partial charge in [0.1, 0.15) is 0 Å². The summed E-state index contributed by atoms with van der Waals surface area (Å²) in [5.41, 5.74) is 10.1. The third kappa shape index (κ3) is 1.65. The van der Waals surface area contributed by atoms with Crippen LogP contribution in [-0.2, 0) is 12.8 Å². The van der Waals surface area contributed by atoms with Crippen molar-refractivity contribution in [2.24, 2.45) is 5.73 Å². The molecule has 0 saturated carbocycles. The smallest absolute Gasteiger partial charge is 0.0266 e. The maximum absolute atomic E-state index is 5.86. The minimum atomic E-state index is 0.141. The average molecular weight is 240 g/mol. The van der Waals surface area contributed by atoms with E-state index in [0.717, 1.165) is 0 Å². The van der Waals surface area contributed by atoms with E-state index in [1.54, 1.807) is 0 Å². The fourth-order valence-corrected chi connectivity index (χ4v) is 2.66. The van der Waals surface area contributed by atoms with Gasteiger partial charge < -0.3 is 5.73 Å². The molecule has 0 unspecified atom stereocenters. The van der Waals surface area contributed by atoms with Crippen LogP contribution in [0.2, 0.25) is 0 Å². The van der Waals surface area contributed by atoms with Crippen LogP contribution in [-0.4, -0.2) is 0 Å². The lowest BCUT2D eigenvalue weighted by atomic mass is 10.0. The van der Waals surface area contributed by atoms with Crippen LogP contribution in [0, 0.1) is 0 Å². The van der Waals surface area contributed by atoms with Crippen molar-refractivity contribution in [1.82, 2.24) is 0 Å². The van der Waals surface area contributed by atoms with Gasteiger partial charge in [-0.1, -0.05) is 22.0 Å². The molecule has 0 fully saturated rings. The first-order valence-electron chi connectivity index (χ1n) is 4.75. The first-order valence-corrected chi connectivity index (χ1v) is 5.54. The van der Waals surface area contributed by atoms with Gasteiger partial charge in [0.05, 0.1) is 0 Å². The second-order valence-electron chi connectivity index (χ2n) is 3.78. The van der Waals surface area contributed by atoms with E-state index in [4.69, 9.17) is 5.73 Å². The topological polar surface area (TPSA) is 26.0 Å². The largest absolute Gasteiger partial charge is 0.324 e. The van der Waals surface area contributed by atoms with E-state index in [9.17, 15) is 0 Å². The molecule has 70 valence electrons. The Balaban J connectivity index is 2.49. The molecule has 0 bridgehead atoms. The summed E-state index contributed by atoms with van der Waals surface area (Å²) in [6, 6.07) is 4.56. The van der Waals surface area contributed by atoms with Gasteiger partial charge in [-0.3, -0.25) is 0 Å². The van der Waals surface area contributed by atoms with Crippen LogP contribution in [0.25, 0.3) is 0 Å². The summed E-state index contributed by atoms with van der Waals surface area (Å²) in [5.74, 6) is 0. The van der Waals surface area contributed by atoms with Gasteiger partial charge in [0, 0.05) is 10.5 Å². The number of hydrogen-bond acceptors (Lipinski definition) is 1. The lowest BCUT2D eigenvalue weighted by Gasteiger charge is -2.10. The second kappa shape index (κ2) is 3.43. The van der Waals surface area contributed by atoms with Crippen LogP contribution in [0.3, 0.4) is 0 Å². The fourth-order valence-electron chi connectivity index (χ4n) is 1.94. The minimum absolute atomic E-state index is 0.141. The van der Waals surface area contributed by atoms with Crippen molar-refractivity contribution >= 4 is 15.9 Å². The molecule has 1 aromatic rings. The van der Waals surface area contributed by atoms with Gasteiger partial charge in [-0.25, -0.2) is 0 Å². The number of halogens is 1. The molecule has 0 aromatic heterocycles. The summed E-state index contributed by atoms with van der Waals surface area (Å²) in [6.07, 6.45) is 3.72. The number of fused-ring (bicyclic) bond motifs is 1. The molecule has 0 amide bonds. The predicted octanol–water partition coefficient (Wildman–Crippen LogP) is 2.96. The first kappa shape index (κ1) is 9.22. The molecule has 2 heteroatoms. The molecule has 0 radical (unpaired) electrons. The highest BCUT2D eigenvalue weighted by Gasteiger charge is 2.15. The number of nitrogens with two attached hydrogens (primary N) is 1. The Morgan fingerprint density at radius 1 is 1.38 bits per heavy atom. The highest BCUT2D eigenvalue weighted by molar-refractivity contribution is 9.10. The number of hydrogen-bond donors (Lipinski definition) is 1. The van der Waals surface area contributed by atoms with Gasteiger partial charge in [-0.2, -0.15) is 0 Å². The fraction of sp³-hybridized carbons (Fsp3) is 0.455. The second-order valence-corrected chi connectivity index (χ2v) is 4.64. The van der Waals surface area contributed by atoms with Crippen molar-refractivity contribution in [1.29, 1.82) is 0 Å². The van der Waals surface area contributed by atoms with Gasteiger partial charge in [0.15, 0.2) is 0 Å². The Hall–Kier alpha value is -0.340. The molecule has 0 heterocycles. The Morgan fingerprint density at radius 2 is 2.15 bits per heavy atom. The zero-order chi connectivity index (χ0) is 9.42. The number of benzene rings is 1. The molecule has 0 saturated heterocycles. The minimum Gasteiger partial charge on any atom is -0.324 e. The Morgan fingerprint density at radius 3 is 2.85 bits per heavy atom. The van der Waals surface area contributed by atoms with Gasteiger partial charge in [-0.05, 0) is 48.9 Å².